The molecule has 0 aliphatic carbocycles. The molecule has 0 saturated heterocycles. The average molecular weight is 319 g/mol. The van der Waals surface area contributed by atoms with Crippen molar-refractivity contribution in [3.8, 4) is 0 Å². The molecular weight excluding hydrogens is 300 g/mol. The molecular formula is C13H19ClN2O3S. The SMILES string of the molecule is Cc1ccc(Cl)cc1S(=O)(=O)NC(C)(C)C(=O)N(C)C. The molecule has 1 amide bonds. The Labute approximate surface area is 125 Å². The van der Waals surface area contributed by atoms with E-state index in [1.807, 2.05) is 0 Å². The van der Waals surface area contributed by atoms with Crippen molar-refractivity contribution in [2.24, 2.45) is 0 Å². The third-order valence-corrected chi connectivity index (χ3v) is 4.80. The zero-order chi connectivity index (χ0) is 15.7. The van der Waals surface area contributed by atoms with E-state index >= 15 is 0 Å². The van der Waals surface area contributed by atoms with Crippen molar-refractivity contribution in [1.82, 2.24) is 9.62 Å². The van der Waals surface area contributed by atoms with E-state index in [1.54, 1.807) is 33.2 Å². The van der Waals surface area contributed by atoms with E-state index in [1.165, 1.54) is 24.8 Å². The lowest BCUT2D eigenvalue weighted by atomic mass is 10.1. The maximum Gasteiger partial charge on any atom is 0.242 e. The summed E-state index contributed by atoms with van der Waals surface area (Å²) in [6.07, 6.45) is 0. The van der Waals surface area contributed by atoms with Crippen LogP contribution in [0.25, 0.3) is 0 Å². The van der Waals surface area contributed by atoms with Crippen molar-refractivity contribution < 1.29 is 13.2 Å². The van der Waals surface area contributed by atoms with Crippen LogP contribution < -0.4 is 4.72 Å². The van der Waals surface area contributed by atoms with Crippen LogP contribution in [-0.2, 0) is 14.8 Å². The van der Waals surface area contributed by atoms with Crippen molar-refractivity contribution in [1.29, 1.82) is 0 Å². The Morgan fingerprint density at radius 3 is 2.35 bits per heavy atom. The van der Waals surface area contributed by atoms with E-state index in [4.69, 9.17) is 11.6 Å². The molecule has 0 radical (unpaired) electrons. The molecule has 0 atom stereocenters. The fourth-order valence-corrected chi connectivity index (χ4v) is 3.74. The first-order chi connectivity index (χ1) is 8.97. The second-order valence-electron chi connectivity index (χ2n) is 5.34. The van der Waals surface area contributed by atoms with Gasteiger partial charge in [0.15, 0.2) is 0 Å². The van der Waals surface area contributed by atoms with Gasteiger partial charge in [0.05, 0.1) is 4.90 Å². The van der Waals surface area contributed by atoms with E-state index in [0.29, 0.717) is 10.6 Å². The van der Waals surface area contributed by atoms with E-state index in [9.17, 15) is 13.2 Å². The molecule has 112 valence electrons. The number of carbonyl (C=O) groups excluding carboxylic acids is 1. The molecule has 0 aliphatic heterocycles. The number of amides is 1. The van der Waals surface area contributed by atoms with Crippen LogP contribution in [0.4, 0.5) is 0 Å². The van der Waals surface area contributed by atoms with E-state index in [2.05, 4.69) is 4.72 Å². The summed E-state index contributed by atoms with van der Waals surface area (Å²) in [7, 11) is -0.687. The number of sulfonamides is 1. The summed E-state index contributed by atoms with van der Waals surface area (Å²) >= 11 is 5.84. The Balaban J connectivity index is 3.19. The summed E-state index contributed by atoms with van der Waals surface area (Å²) in [5, 5.41) is 0.327. The third kappa shape index (κ3) is 3.71. The molecule has 20 heavy (non-hydrogen) atoms. The zero-order valence-corrected chi connectivity index (χ0v) is 13.8. The van der Waals surface area contributed by atoms with Gasteiger partial charge in [0.2, 0.25) is 15.9 Å². The highest BCUT2D eigenvalue weighted by molar-refractivity contribution is 7.89. The number of nitrogens with zero attached hydrogens (tertiary/aromatic N) is 1. The Kier molecular flexibility index (Phi) is 4.84. The van der Waals surface area contributed by atoms with Gasteiger partial charge in [-0.05, 0) is 38.5 Å². The quantitative estimate of drug-likeness (QED) is 0.920. The monoisotopic (exact) mass is 318 g/mol. The highest BCUT2D eigenvalue weighted by Crippen LogP contribution is 2.22. The Hall–Kier alpha value is -1.11. The summed E-state index contributed by atoms with van der Waals surface area (Å²) < 4.78 is 27.2. The number of benzene rings is 1. The van der Waals surface area contributed by atoms with Crippen molar-refractivity contribution in [2.45, 2.75) is 31.2 Å². The molecule has 1 aromatic carbocycles. The molecule has 1 rings (SSSR count). The summed E-state index contributed by atoms with van der Waals surface area (Å²) in [4.78, 5) is 13.4. The number of aryl methyl sites for hydroxylation is 1. The second kappa shape index (κ2) is 5.71. The minimum atomic E-state index is -3.83. The van der Waals surface area contributed by atoms with Crippen molar-refractivity contribution in [3.05, 3.63) is 28.8 Å². The molecule has 0 bridgehead atoms. The average Bonchev–Trinajstić information content (AvgIpc) is 2.29. The topological polar surface area (TPSA) is 66.5 Å². The molecule has 0 aliphatic rings. The lowest BCUT2D eigenvalue weighted by Crippen LogP contribution is -2.54. The fraction of sp³-hybridized carbons (Fsp3) is 0.462. The first kappa shape index (κ1) is 16.9. The predicted molar refractivity (Wildman–Crippen MR) is 79.3 cm³/mol. The summed E-state index contributed by atoms with van der Waals surface area (Å²) in [6, 6.07) is 4.61. The number of nitrogens with one attached hydrogen (secondary N) is 1. The molecule has 0 fully saturated rings. The molecule has 1 N–H and O–H groups in total. The van der Waals surface area contributed by atoms with Gasteiger partial charge in [-0.1, -0.05) is 17.7 Å². The van der Waals surface area contributed by atoms with Gasteiger partial charge in [0.1, 0.15) is 5.54 Å². The number of hydrogen-bond acceptors (Lipinski definition) is 3. The highest BCUT2D eigenvalue weighted by atomic mass is 35.5. The molecule has 0 unspecified atom stereocenters. The number of halogens is 1. The first-order valence-electron chi connectivity index (χ1n) is 5.99. The van der Waals surface area contributed by atoms with Crippen molar-refractivity contribution in [2.75, 3.05) is 14.1 Å². The number of rotatable bonds is 4. The Morgan fingerprint density at radius 2 is 1.85 bits per heavy atom. The van der Waals surface area contributed by atoms with Gasteiger partial charge in [-0.3, -0.25) is 4.79 Å². The maximum absolute atomic E-state index is 12.4. The zero-order valence-electron chi connectivity index (χ0n) is 12.2. The van der Waals surface area contributed by atoms with Crippen LogP contribution in [-0.4, -0.2) is 38.9 Å². The van der Waals surface area contributed by atoms with Crippen LogP contribution in [0.3, 0.4) is 0 Å². The van der Waals surface area contributed by atoms with Gasteiger partial charge in [0.25, 0.3) is 0 Å². The molecule has 7 heteroatoms. The minimum absolute atomic E-state index is 0.0737. The summed E-state index contributed by atoms with van der Waals surface area (Å²) in [6.45, 7) is 4.71. The number of likely N-dealkylation sites (N-methyl/N-ethyl adjacent to an activating group) is 1. The molecule has 0 heterocycles. The van der Waals surface area contributed by atoms with Gasteiger partial charge < -0.3 is 4.90 Å². The number of hydrogen-bond donors (Lipinski definition) is 1. The molecule has 1 aromatic rings. The van der Waals surface area contributed by atoms with Crippen LogP contribution in [0.5, 0.6) is 0 Å². The lowest BCUT2D eigenvalue weighted by Gasteiger charge is -2.28. The molecule has 0 spiro atoms. The maximum atomic E-state index is 12.4. The summed E-state index contributed by atoms with van der Waals surface area (Å²) in [5.41, 5.74) is -0.674. The molecule has 5 nitrogen and oxygen atoms in total. The van der Waals surface area contributed by atoms with Crippen LogP contribution >= 0.6 is 11.6 Å². The summed E-state index contributed by atoms with van der Waals surface area (Å²) in [5.74, 6) is -0.333. The standard InChI is InChI=1S/C13H19ClN2O3S/c1-9-6-7-10(14)8-11(9)20(18,19)15-13(2,3)12(17)16(4)5/h6-8,15H,1-5H3. The normalized spacial score (nSPS) is 12.3. The van der Waals surface area contributed by atoms with Gasteiger partial charge in [-0.25, -0.2) is 8.42 Å². The van der Waals surface area contributed by atoms with E-state index in [-0.39, 0.29) is 10.8 Å². The van der Waals surface area contributed by atoms with Gasteiger partial charge in [-0.2, -0.15) is 4.72 Å². The van der Waals surface area contributed by atoms with Crippen LogP contribution in [0, 0.1) is 6.92 Å². The van der Waals surface area contributed by atoms with Crippen molar-refractivity contribution in [3.63, 3.8) is 0 Å². The van der Waals surface area contributed by atoms with Gasteiger partial charge >= 0.3 is 0 Å². The largest absolute Gasteiger partial charge is 0.347 e. The Bertz CT molecular complexity index is 625. The third-order valence-electron chi connectivity index (χ3n) is 2.77. The van der Waals surface area contributed by atoms with Crippen LogP contribution in [0.1, 0.15) is 19.4 Å². The lowest BCUT2D eigenvalue weighted by molar-refractivity contribution is -0.133. The van der Waals surface area contributed by atoms with E-state index < -0.39 is 15.6 Å². The minimum Gasteiger partial charge on any atom is -0.347 e. The number of carbonyl (C=O) groups is 1. The smallest absolute Gasteiger partial charge is 0.242 e. The molecule has 0 aromatic heterocycles. The van der Waals surface area contributed by atoms with Gasteiger partial charge in [0, 0.05) is 19.1 Å². The predicted octanol–water partition coefficient (Wildman–Crippen LogP) is 1.79. The van der Waals surface area contributed by atoms with Crippen LogP contribution in [0.15, 0.2) is 23.1 Å². The molecule has 0 saturated carbocycles. The van der Waals surface area contributed by atoms with Crippen molar-refractivity contribution >= 4 is 27.5 Å². The van der Waals surface area contributed by atoms with E-state index in [0.717, 1.165) is 0 Å². The second-order valence-corrected chi connectivity index (χ2v) is 7.43. The first-order valence-corrected chi connectivity index (χ1v) is 7.85. The Morgan fingerprint density at radius 1 is 1.30 bits per heavy atom. The fourth-order valence-electron chi connectivity index (χ4n) is 1.86. The van der Waals surface area contributed by atoms with Gasteiger partial charge in [-0.15, -0.1) is 0 Å². The highest BCUT2D eigenvalue weighted by Gasteiger charge is 2.34. The van der Waals surface area contributed by atoms with Crippen LogP contribution in [0.2, 0.25) is 5.02 Å².